The largest absolute Gasteiger partial charge is 0.483 e. The van der Waals surface area contributed by atoms with Gasteiger partial charge in [-0.3, -0.25) is 9.59 Å². The van der Waals surface area contributed by atoms with Gasteiger partial charge in [0.15, 0.2) is 0 Å². The zero-order valence-electron chi connectivity index (χ0n) is 15.5. The van der Waals surface area contributed by atoms with Crippen molar-refractivity contribution in [1.82, 2.24) is 4.90 Å². The van der Waals surface area contributed by atoms with Gasteiger partial charge in [0.2, 0.25) is 5.91 Å². The van der Waals surface area contributed by atoms with E-state index in [1.165, 1.54) is 18.4 Å². The Hall–Kier alpha value is -2.10. The maximum Gasteiger partial charge on any atom is 0.290 e. The van der Waals surface area contributed by atoms with Crippen molar-refractivity contribution in [1.29, 1.82) is 0 Å². The number of carboxylic acid groups (broad SMARTS) is 1. The summed E-state index contributed by atoms with van der Waals surface area (Å²) in [6.07, 6.45) is 9.85. The first-order valence-corrected chi connectivity index (χ1v) is 9.29. The van der Waals surface area contributed by atoms with Gasteiger partial charge in [0.05, 0.1) is 0 Å². The van der Waals surface area contributed by atoms with Crippen LogP contribution in [0.4, 0.5) is 0 Å². The highest BCUT2D eigenvalue weighted by molar-refractivity contribution is 5.93. The summed E-state index contributed by atoms with van der Waals surface area (Å²) < 4.78 is 0. The van der Waals surface area contributed by atoms with Crippen LogP contribution in [0.25, 0.3) is 0 Å². The van der Waals surface area contributed by atoms with E-state index in [9.17, 15) is 4.79 Å². The molecule has 0 unspecified atom stereocenters. The molecule has 1 fully saturated rings. The summed E-state index contributed by atoms with van der Waals surface area (Å²) in [4.78, 5) is 23.4. The van der Waals surface area contributed by atoms with Crippen molar-refractivity contribution < 1.29 is 14.7 Å². The SMILES string of the molecule is CC/C=C(/CCCCC)C(=O)N(Cc1ccccc1)C1CC1.O=CO. The Morgan fingerprint density at radius 3 is 2.36 bits per heavy atom. The zero-order valence-corrected chi connectivity index (χ0v) is 15.5. The van der Waals surface area contributed by atoms with Gasteiger partial charge in [0, 0.05) is 18.2 Å². The Morgan fingerprint density at radius 1 is 1.20 bits per heavy atom. The summed E-state index contributed by atoms with van der Waals surface area (Å²) in [6, 6.07) is 10.8. The van der Waals surface area contributed by atoms with Crippen LogP contribution in [-0.4, -0.2) is 28.4 Å². The second-order valence-corrected chi connectivity index (χ2v) is 6.35. The number of carbonyl (C=O) groups is 2. The highest BCUT2D eigenvalue weighted by atomic mass is 16.3. The van der Waals surface area contributed by atoms with Crippen molar-refractivity contribution in [2.45, 2.75) is 71.4 Å². The molecule has 0 radical (unpaired) electrons. The van der Waals surface area contributed by atoms with Crippen molar-refractivity contribution in [3.05, 3.63) is 47.5 Å². The third-order valence-electron chi connectivity index (χ3n) is 4.22. The summed E-state index contributed by atoms with van der Waals surface area (Å²) in [7, 11) is 0. The molecule has 0 saturated heterocycles. The molecule has 1 aromatic carbocycles. The van der Waals surface area contributed by atoms with Crippen molar-refractivity contribution in [2.75, 3.05) is 0 Å². The molecule has 0 aromatic heterocycles. The molecule has 1 aromatic rings. The first-order chi connectivity index (χ1) is 12.2. The smallest absolute Gasteiger partial charge is 0.290 e. The molecule has 2 rings (SSSR count). The first-order valence-electron chi connectivity index (χ1n) is 9.29. The lowest BCUT2D eigenvalue weighted by molar-refractivity contribution is -0.128. The number of rotatable bonds is 9. The number of hydrogen-bond donors (Lipinski definition) is 1. The van der Waals surface area contributed by atoms with Gasteiger partial charge in [0.25, 0.3) is 6.47 Å². The molecule has 1 N–H and O–H groups in total. The number of allylic oxidation sites excluding steroid dienone is 1. The third kappa shape index (κ3) is 8.01. The van der Waals surface area contributed by atoms with Crippen LogP contribution in [-0.2, 0) is 16.1 Å². The predicted molar refractivity (Wildman–Crippen MR) is 101 cm³/mol. The van der Waals surface area contributed by atoms with Gasteiger partial charge in [0.1, 0.15) is 0 Å². The van der Waals surface area contributed by atoms with Gasteiger partial charge in [-0.1, -0.05) is 63.1 Å². The number of amides is 1. The lowest BCUT2D eigenvalue weighted by atomic mass is 10.0. The van der Waals surface area contributed by atoms with Crippen LogP contribution in [0.15, 0.2) is 42.0 Å². The fraction of sp³-hybridized carbons (Fsp3) is 0.524. The highest BCUT2D eigenvalue weighted by Gasteiger charge is 2.33. The van der Waals surface area contributed by atoms with Crippen LogP contribution in [0.3, 0.4) is 0 Å². The molecule has 1 aliphatic rings. The molecule has 0 spiro atoms. The lowest BCUT2D eigenvalue weighted by Gasteiger charge is -2.24. The van der Waals surface area contributed by atoms with E-state index in [-0.39, 0.29) is 12.4 Å². The number of carbonyl (C=O) groups excluding carboxylic acids is 1. The number of unbranched alkanes of at least 4 members (excludes halogenated alkanes) is 2. The van der Waals surface area contributed by atoms with Gasteiger partial charge < -0.3 is 10.0 Å². The molecule has 4 heteroatoms. The zero-order chi connectivity index (χ0) is 18.5. The first kappa shape index (κ1) is 20.9. The van der Waals surface area contributed by atoms with E-state index in [2.05, 4.69) is 49.1 Å². The molecule has 0 bridgehead atoms. The van der Waals surface area contributed by atoms with Gasteiger partial charge >= 0.3 is 0 Å². The Bertz CT molecular complexity index is 535. The van der Waals surface area contributed by atoms with Gasteiger partial charge in [-0.2, -0.15) is 0 Å². The molecule has 0 heterocycles. The molecule has 0 aliphatic heterocycles. The molecular formula is C21H31NO3. The van der Waals surface area contributed by atoms with E-state index < -0.39 is 0 Å². The van der Waals surface area contributed by atoms with Crippen molar-refractivity contribution in [3.8, 4) is 0 Å². The number of hydrogen-bond acceptors (Lipinski definition) is 2. The normalized spacial score (nSPS) is 13.6. The second kappa shape index (κ2) is 12.3. The van der Waals surface area contributed by atoms with E-state index in [4.69, 9.17) is 9.90 Å². The monoisotopic (exact) mass is 345 g/mol. The van der Waals surface area contributed by atoms with Gasteiger partial charge in [-0.05, 0) is 37.7 Å². The van der Waals surface area contributed by atoms with Crippen molar-refractivity contribution in [2.24, 2.45) is 0 Å². The Balaban J connectivity index is 0.000000970. The van der Waals surface area contributed by atoms with Crippen LogP contribution in [0.2, 0.25) is 0 Å². The van der Waals surface area contributed by atoms with Crippen LogP contribution in [0.5, 0.6) is 0 Å². The molecule has 4 nitrogen and oxygen atoms in total. The number of nitrogens with zero attached hydrogens (tertiary/aromatic N) is 1. The Kier molecular flexibility index (Phi) is 10.3. The fourth-order valence-electron chi connectivity index (χ4n) is 2.83. The molecule has 1 saturated carbocycles. The average molecular weight is 345 g/mol. The third-order valence-corrected chi connectivity index (χ3v) is 4.22. The van der Waals surface area contributed by atoms with E-state index in [0.29, 0.717) is 6.04 Å². The fourth-order valence-corrected chi connectivity index (χ4v) is 2.83. The average Bonchev–Trinajstić information content (AvgIpc) is 3.45. The summed E-state index contributed by atoms with van der Waals surface area (Å²) in [6.45, 7) is 4.82. The quantitative estimate of drug-likeness (QED) is 0.397. The molecular weight excluding hydrogens is 314 g/mol. The summed E-state index contributed by atoms with van der Waals surface area (Å²) >= 11 is 0. The van der Waals surface area contributed by atoms with E-state index in [1.807, 2.05) is 6.07 Å². The van der Waals surface area contributed by atoms with Gasteiger partial charge in [-0.15, -0.1) is 0 Å². The van der Waals surface area contributed by atoms with Crippen LogP contribution in [0, 0.1) is 0 Å². The van der Waals surface area contributed by atoms with Crippen LogP contribution >= 0.6 is 0 Å². The standard InChI is InChI=1S/C20H29NO.CH2O2/c1-3-5-7-13-18(10-4-2)20(22)21(19-14-15-19)16-17-11-8-6-9-12-17;2-1-3/h6,8-12,19H,3-5,7,13-16H2,1-2H3;1H,(H,2,3)/b18-10-;. The molecule has 1 amide bonds. The minimum atomic E-state index is -0.250. The minimum Gasteiger partial charge on any atom is -0.483 e. The van der Waals surface area contributed by atoms with Crippen molar-refractivity contribution >= 4 is 12.4 Å². The summed E-state index contributed by atoms with van der Waals surface area (Å²) in [5, 5.41) is 6.89. The van der Waals surface area contributed by atoms with Gasteiger partial charge in [-0.25, -0.2) is 0 Å². The Morgan fingerprint density at radius 2 is 1.84 bits per heavy atom. The molecule has 25 heavy (non-hydrogen) atoms. The van der Waals surface area contributed by atoms with E-state index >= 15 is 0 Å². The predicted octanol–water partition coefficient (Wildman–Crippen LogP) is 4.80. The highest BCUT2D eigenvalue weighted by Crippen LogP contribution is 2.30. The van der Waals surface area contributed by atoms with Crippen molar-refractivity contribution in [3.63, 3.8) is 0 Å². The molecule has 0 atom stereocenters. The summed E-state index contributed by atoms with van der Waals surface area (Å²) in [5.74, 6) is 0.268. The van der Waals surface area contributed by atoms with Crippen LogP contribution in [0.1, 0.15) is 64.4 Å². The molecule has 1 aliphatic carbocycles. The number of benzene rings is 1. The lowest BCUT2D eigenvalue weighted by Crippen LogP contribution is -2.33. The van der Waals surface area contributed by atoms with E-state index in [0.717, 1.165) is 44.2 Å². The molecule has 138 valence electrons. The maximum absolute atomic E-state index is 13.0. The van der Waals surface area contributed by atoms with Crippen LogP contribution < -0.4 is 0 Å². The topological polar surface area (TPSA) is 57.6 Å². The minimum absolute atomic E-state index is 0.250. The Labute approximate surface area is 151 Å². The second-order valence-electron chi connectivity index (χ2n) is 6.35. The summed E-state index contributed by atoms with van der Waals surface area (Å²) in [5.41, 5.74) is 2.26. The maximum atomic E-state index is 13.0. The van der Waals surface area contributed by atoms with E-state index in [1.54, 1.807) is 0 Å².